The van der Waals surface area contributed by atoms with E-state index in [0.717, 1.165) is 38.0 Å². The fourth-order valence-electron chi connectivity index (χ4n) is 8.73. The molecule has 6 aromatic rings. The summed E-state index contributed by atoms with van der Waals surface area (Å²) < 4.78 is 12.0. The monoisotopic (exact) mass is 878 g/mol. The molecule has 1 saturated heterocycles. The van der Waals surface area contributed by atoms with Gasteiger partial charge in [0.15, 0.2) is 5.78 Å². The van der Waals surface area contributed by atoms with Gasteiger partial charge in [-0.1, -0.05) is 84.9 Å². The number of phenolic OH excluding ortho intramolecular Hbond substituents is 2. The Morgan fingerprint density at radius 2 is 1.54 bits per heavy atom. The number of nitrogens with one attached hydrogen (secondary N) is 3. The number of H-pyrrole nitrogens is 1. The van der Waals surface area contributed by atoms with Crippen molar-refractivity contribution in [3.05, 3.63) is 171 Å². The summed E-state index contributed by atoms with van der Waals surface area (Å²) in [4.78, 5) is 56.8. The lowest BCUT2D eigenvalue weighted by Crippen LogP contribution is -2.47. The maximum atomic E-state index is 13.8. The first-order chi connectivity index (χ1) is 31.6. The Hall–Kier alpha value is -6.80. The molecule has 336 valence electrons. The van der Waals surface area contributed by atoms with Crippen molar-refractivity contribution in [2.45, 2.75) is 56.8 Å². The van der Waals surface area contributed by atoms with Crippen molar-refractivity contribution in [2.24, 2.45) is 11.8 Å². The van der Waals surface area contributed by atoms with Crippen LogP contribution in [0.5, 0.6) is 17.2 Å². The summed E-state index contributed by atoms with van der Waals surface area (Å²) in [6, 6.07) is 37.5. The van der Waals surface area contributed by atoms with Crippen molar-refractivity contribution in [3.8, 4) is 17.2 Å². The summed E-state index contributed by atoms with van der Waals surface area (Å²) in [7, 11) is 0. The highest BCUT2D eigenvalue weighted by Gasteiger charge is 2.36. The van der Waals surface area contributed by atoms with Crippen LogP contribution in [0.15, 0.2) is 132 Å². The number of rotatable bonds is 18. The number of aromatic nitrogens is 1. The molecule has 1 saturated carbocycles. The molecule has 13 nitrogen and oxygen atoms in total. The van der Waals surface area contributed by atoms with Crippen molar-refractivity contribution in [3.63, 3.8) is 0 Å². The number of likely N-dealkylation sites (tertiary alicyclic amines) is 1. The second-order valence-corrected chi connectivity index (χ2v) is 17.1. The zero-order valence-electron chi connectivity index (χ0n) is 36.0. The number of aromatic amines is 1. The van der Waals surface area contributed by atoms with Crippen LogP contribution < -0.4 is 20.9 Å². The van der Waals surface area contributed by atoms with E-state index in [1.54, 1.807) is 36.4 Å². The van der Waals surface area contributed by atoms with E-state index in [4.69, 9.17) is 9.47 Å². The van der Waals surface area contributed by atoms with E-state index in [2.05, 4.69) is 44.8 Å². The lowest BCUT2D eigenvalue weighted by Gasteiger charge is -2.34. The number of aliphatic hydroxyl groups is 1. The average molecular weight is 879 g/mol. The van der Waals surface area contributed by atoms with E-state index in [9.17, 15) is 34.5 Å². The molecule has 5 aromatic carbocycles. The van der Waals surface area contributed by atoms with Gasteiger partial charge >= 0.3 is 5.97 Å². The van der Waals surface area contributed by atoms with Gasteiger partial charge in [0.1, 0.15) is 29.8 Å². The van der Waals surface area contributed by atoms with Crippen molar-refractivity contribution in [1.82, 2.24) is 20.5 Å². The highest BCUT2D eigenvalue weighted by molar-refractivity contribution is 5.95. The van der Waals surface area contributed by atoms with Crippen LogP contribution >= 0.6 is 0 Å². The number of aromatic hydroxyl groups is 2. The number of pyridine rings is 1. The van der Waals surface area contributed by atoms with Crippen LogP contribution in [0.2, 0.25) is 0 Å². The van der Waals surface area contributed by atoms with Gasteiger partial charge in [0.25, 0.3) is 5.91 Å². The topological polar surface area (TPSA) is 191 Å². The quantitative estimate of drug-likeness (QED) is 0.0517. The van der Waals surface area contributed by atoms with Crippen LogP contribution in [0.3, 0.4) is 0 Å². The van der Waals surface area contributed by atoms with Crippen LogP contribution in [0.1, 0.15) is 75.9 Å². The molecule has 1 aliphatic carbocycles. The predicted molar refractivity (Wildman–Crippen MR) is 246 cm³/mol. The van der Waals surface area contributed by atoms with Gasteiger partial charge < -0.3 is 40.4 Å². The van der Waals surface area contributed by atoms with Crippen LogP contribution in [0.4, 0.5) is 0 Å². The molecule has 6 N–H and O–H groups in total. The highest BCUT2D eigenvalue weighted by atomic mass is 16.5. The summed E-state index contributed by atoms with van der Waals surface area (Å²) in [5.41, 5.74) is 3.99. The highest BCUT2D eigenvalue weighted by Crippen LogP contribution is 2.33. The maximum Gasteiger partial charge on any atom is 0.317 e. The number of carbonyl (C=O) groups excluding carboxylic acids is 3. The van der Waals surface area contributed by atoms with E-state index in [-0.39, 0.29) is 77.5 Å². The van der Waals surface area contributed by atoms with Gasteiger partial charge in [0.05, 0.1) is 18.2 Å². The Labute approximate surface area is 377 Å². The molecule has 1 unspecified atom stereocenters. The molecule has 13 heteroatoms. The molecule has 1 aromatic heterocycles. The summed E-state index contributed by atoms with van der Waals surface area (Å²) in [5, 5.41) is 38.3. The van der Waals surface area contributed by atoms with Crippen LogP contribution in [0, 0.1) is 11.8 Å². The Bertz CT molecular complexity index is 2660. The van der Waals surface area contributed by atoms with Gasteiger partial charge in [-0.25, -0.2) is 0 Å². The average Bonchev–Trinajstić information content (AvgIpc) is 3.30. The maximum absolute atomic E-state index is 13.8. The van der Waals surface area contributed by atoms with Gasteiger partial charge in [-0.2, -0.15) is 0 Å². The first-order valence-electron chi connectivity index (χ1n) is 22.2. The molecule has 65 heavy (non-hydrogen) atoms. The number of ether oxygens (including phenoxy) is 2. The Kier molecular flexibility index (Phi) is 14.3. The summed E-state index contributed by atoms with van der Waals surface area (Å²) in [6.45, 7) is 3.36. The van der Waals surface area contributed by atoms with Crippen molar-refractivity contribution < 1.29 is 39.2 Å². The first-order valence-corrected chi connectivity index (χ1v) is 22.2. The fourth-order valence-corrected chi connectivity index (χ4v) is 8.73. The first kappa shape index (κ1) is 44.8. The number of ketones is 1. The number of aliphatic hydroxyl groups excluding tert-OH is 1. The minimum absolute atomic E-state index is 0.0807. The molecule has 0 spiro atoms. The number of esters is 1. The second-order valence-electron chi connectivity index (χ2n) is 17.1. The van der Waals surface area contributed by atoms with Gasteiger partial charge in [0, 0.05) is 54.2 Å². The van der Waals surface area contributed by atoms with E-state index >= 15 is 0 Å². The number of nitrogens with zero attached hydrogens (tertiary/aromatic N) is 1. The zero-order chi connectivity index (χ0) is 45.3. The second kappa shape index (κ2) is 20.8. The SMILES string of the molecule is O=C(N[C@H]1C[C@H](C(=O)COc2cccc(C(C(=O)OCC3CCN(Cc4ccccc4)CC3)c3ccccc3)c2)C1)c1ccc(CNC[C@H](O)c2ccc(O)c3[nH]c(=O)ccc23)c(O)c1. The number of piperidine rings is 1. The van der Waals surface area contributed by atoms with E-state index in [1.807, 2.05) is 48.5 Å². The Balaban J connectivity index is 0.778. The summed E-state index contributed by atoms with van der Waals surface area (Å²) >= 11 is 0. The number of benzene rings is 5. The van der Waals surface area contributed by atoms with Crippen molar-refractivity contribution >= 4 is 28.6 Å². The minimum atomic E-state index is -0.975. The third-order valence-electron chi connectivity index (χ3n) is 12.6. The minimum Gasteiger partial charge on any atom is -0.508 e. The van der Waals surface area contributed by atoms with Crippen LogP contribution in [-0.4, -0.2) is 81.8 Å². The zero-order valence-corrected chi connectivity index (χ0v) is 36.0. The standard InChI is InChI=1S/C52H54N4O9/c57-44-18-16-42(43-17-19-48(61)55-50(43)44)46(59)29-53-28-38-15-14-37(27-45(38)58)51(62)54-40-24-39(25-40)47(60)32-64-41-13-7-12-36(26-41)49(35-10-5-2-6-11-35)52(63)65-31-34-20-22-56(23-21-34)30-33-8-3-1-4-9-33/h1-19,26-27,34,39-40,46,49,53,57-59H,20-25,28-32H2,(H,54,62)(H,55,61)/t39-,40-,46-,49?/m0/s1. The summed E-state index contributed by atoms with van der Waals surface area (Å²) in [5.74, 6) is -1.13. The van der Waals surface area contributed by atoms with Crippen molar-refractivity contribution in [2.75, 3.05) is 32.8 Å². The van der Waals surface area contributed by atoms with Crippen LogP contribution in [0.25, 0.3) is 10.9 Å². The third-order valence-corrected chi connectivity index (χ3v) is 12.6. The Morgan fingerprint density at radius 3 is 2.29 bits per heavy atom. The molecule has 1 aliphatic heterocycles. The molecular formula is C52H54N4O9. The van der Waals surface area contributed by atoms with Crippen LogP contribution in [-0.2, 0) is 27.4 Å². The number of fused-ring (bicyclic) bond motifs is 1. The third kappa shape index (κ3) is 11.3. The molecule has 2 aliphatic rings. The molecule has 2 heterocycles. The lowest BCUT2D eigenvalue weighted by atomic mass is 9.77. The number of Topliss-reactive ketones (excluding diaryl/α,β-unsaturated/α-hetero) is 1. The molecule has 1 amide bonds. The van der Waals surface area contributed by atoms with Gasteiger partial charge in [-0.3, -0.25) is 24.1 Å². The molecular weight excluding hydrogens is 825 g/mol. The lowest BCUT2D eigenvalue weighted by molar-refractivity contribution is -0.146. The molecule has 2 atom stereocenters. The fraction of sp³-hybridized carbons (Fsp3) is 0.308. The molecule has 8 rings (SSSR count). The number of carbonyl (C=O) groups is 3. The largest absolute Gasteiger partial charge is 0.508 e. The normalized spacial score (nSPS) is 17.4. The molecule has 2 fully saturated rings. The summed E-state index contributed by atoms with van der Waals surface area (Å²) in [6.07, 6.45) is 1.88. The van der Waals surface area contributed by atoms with E-state index in [1.165, 1.54) is 23.8 Å². The van der Waals surface area contributed by atoms with Gasteiger partial charge in [-0.15, -0.1) is 0 Å². The molecule has 0 bridgehead atoms. The number of hydrogen-bond donors (Lipinski definition) is 6. The van der Waals surface area contributed by atoms with Gasteiger partial charge in [-0.05, 0) is 103 Å². The van der Waals surface area contributed by atoms with Gasteiger partial charge in [0.2, 0.25) is 5.56 Å². The Morgan fingerprint density at radius 1 is 0.800 bits per heavy atom. The number of hydrogen-bond acceptors (Lipinski definition) is 11. The molecule has 0 radical (unpaired) electrons. The van der Waals surface area contributed by atoms with Crippen molar-refractivity contribution in [1.29, 1.82) is 0 Å². The predicted octanol–water partition coefficient (Wildman–Crippen LogP) is 6.51. The van der Waals surface area contributed by atoms with E-state index < -0.39 is 12.0 Å². The number of phenols is 2. The smallest absolute Gasteiger partial charge is 0.317 e. The number of amides is 1. The van der Waals surface area contributed by atoms with E-state index in [0.29, 0.717) is 53.2 Å².